The van der Waals surface area contributed by atoms with Crippen LogP contribution >= 0.6 is 0 Å². The third kappa shape index (κ3) is 2.74. The lowest BCUT2D eigenvalue weighted by atomic mass is 9.81. The molecule has 0 aliphatic heterocycles. The first kappa shape index (κ1) is 14.3. The largest absolute Gasteiger partial charge is 0.480 e. The number of hydrogen-bond donors (Lipinski definition) is 2. The third-order valence-corrected chi connectivity index (χ3v) is 3.92. The number of non-ortho nitro benzene ring substituents is 1. The standard InChI is InChI=1S/C14H18N2O4/c1-10-5-6-11(16(19)20)9-12(10)15-14(13(17)18)7-3-2-4-8-14/h5-6,9,15H,2-4,7-8H2,1H3,(H,17,18). The molecule has 6 heteroatoms. The maximum absolute atomic E-state index is 11.6. The van der Waals surface area contributed by atoms with Crippen molar-refractivity contribution in [1.82, 2.24) is 0 Å². The van der Waals surface area contributed by atoms with E-state index in [-0.39, 0.29) is 5.69 Å². The predicted octanol–water partition coefficient (Wildman–Crippen LogP) is 3.10. The summed E-state index contributed by atoms with van der Waals surface area (Å²) >= 11 is 0. The number of nitro groups is 1. The number of nitrogens with zero attached hydrogens (tertiary/aromatic N) is 1. The Bertz CT molecular complexity index is 536. The molecule has 0 heterocycles. The van der Waals surface area contributed by atoms with Crippen LogP contribution in [0.25, 0.3) is 0 Å². The first-order valence-corrected chi connectivity index (χ1v) is 6.71. The topological polar surface area (TPSA) is 92.5 Å². The fourth-order valence-electron chi connectivity index (χ4n) is 2.66. The van der Waals surface area contributed by atoms with E-state index >= 15 is 0 Å². The molecule has 0 saturated heterocycles. The summed E-state index contributed by atoms with van der Waals surface area (Å²) < 4.78 is 0. The number of carboxylic acid groups (broad SMARTS) is 1. The molecule has 1 aromatic rings. The van der Waals surface area contributed by atoms with Gasteiger partial charge >= 0.3 is 5.97 Å². The highest BCUT2D eigenvalue weighted by molar-refractivity contribution is 5.83. The first-order valence-electron chi connectivity index (χ1n) is 6.71. The van der Waals surface area contributed by atoms with Crippen molar-refractivity contribution < 1.29 is 14.8 Å². The number of anilines is 1. The van der Waals surface area contributed by atoms with Crippen molar-refractivity contribution in [2.24, 2.45) is 0 Å². The fourth-order valence-corrected chi connectivity index (χ4v) is 2.66. The Labute approximate surface area is 117 Å². The van der Waals surface area contributed by atoms with Gasteiger partial charge in [0.2, 0.25) is 0 Å². The van der Waals surface area contributed by atoms with Crippen molar-refractivity contribution in [2.75, 3.05) is 5.32 Å². The second kappa shape index (κ2) is 5.48. The first-order chi connectivity index (χ1) is 9.44. The van der Waals surface area contributed by atoms with Crippen molar-refractivity contribution in [3.05, 3.63) is 33.9 Å². The minimum atomic E-state index is -1.00. The zero-order chi connectivity index (χ0) is 14.8. The molecule has 0 amide bonds. The van der Waals surface area contributed by atoms with Gasteiger partial charge in [-0.05, 0) is 25.3 Å². The van der Waals surface area contributed by atoms with Crippen LogP contribution in [0.3, 0.4) is 0 Å². The molecule has 0 radical (unpaired) electrons. The SMILES string of the molecule is Cc1ccc([N+](=O)[O-])cc1NC1(C(=O)O)CCCCC1. The van der Waals surface area contributed by atoms with E-state index in [9.17, 15) is 20.0 Å². The van der Waals surface area contributed by atoms with Crippen molar-refractivity contribution in [1.29, 1.82) is 0 Å². The molecule has 20 heavy (non-hydrogen) atoms. The van der Waals surface area contributed by atoms with Gasteiger partial charge in [0, 0.05) is 17.8 Å². The van der Waals surface area contributed by atoms with Crippen molar-refractivity contribution >= 4 is 17.3 Å². The number of aliphatic carboxylic acids is 1. The summed E-state index contributed by atoms with van der Waals surface area (Å²) in [4.78, 5) is 22.0. The maximum Gasteiger partial charge on any atom is 0.329 e. The lowest BCUT2D eigenvalue weighted by Gasteiger charge is -2.35. The van der Waals surface area contributed by atoms with Gasteiger partial charge in [0.25, 0.3) is 5.69 Å². The van der Waals surface area contributed by atoms with E-state index in [1.807, 2.05) is 6.92 Å². The smallest absolute Gasteiger partial charge is 0.329 e. The van der Waals surface area contributed by atoms with E-state index in [2.05, 4.69) is 5.32 Å². The number of carbonyl (C=O) groups is 1. The Kier molecular flexibility index (Phi) is 3.92. The number of hydrogen-bond acceptors (Lipinski definition) is 4. The second-order valence-electron chi connectivity index (χ2n) is 5.33. The van der Waals surface area contributed by atoms with Crippen LogP contribution in [0.1, 0.15) is 37.7 Å². The minimum Gasteiger partial charge on any atom is -0.480 e. The molecule has 108 valence electrons. The second-order valence-corrected chi connectivity index (χ2v) is 5.33. The van der Waals surface area contributed by atoms with Crippen LogP contribution in [0.4, 0.5) is 11.4 Å². The maximum atomic E-state index is 11.6. The Morgan fingerprint density at radius 3 is 2.55 bits per heavy atom. The Morgan fingerprint density at radius 2 is 2.00 bits per heavy atom. The lowest BCUT2D eigenvalue weighted by molar-refractivity contribution is -0.384. The summed E-state index contributed by atoms with van der Waals surface area (Å²) in [6, 6.07) is 4.47. The normalized spacial score (nSPS) is 17.4. The average Bonchev–Trinajstić information content (AvgIpc) is 2.42. The van der Waals surface area contributed by atoms with E-state index < -0.39 is 16.4 Å². The summed E-state index contributed by atoms with van der Waals surface area (Å²) in [5, 5.41) is 23.4. The quantitative estimate of drug-likeness (QED) is 0.652. The van der Waals surface area contributed by atoms with Gasteiger partial charge in [0.15, 0.2) is 0 Å². The lowest BCUT2D eigenvalue weighted by Crippen LogP contribution is -2.48. The molecular weight excluding hydrogens is 260 g/mol. The minimum absolute atomic E-state index is 0.0329. The highest BCUT2D eigenvalue weighted by Gasteiger charge is 2.39. The summed E-state index contributed by atoms with van der Waals surface area (Å²) in [5.74, 6) is -0.886. The van der Waals surface area contributed by atoms with Crippen LogP contribution in [0, 0.1) is 17.0 Å². The van der Waals surface area contributed by atoms with E-state index in [4.69, 9.17) is 0 Å². The molecular formula is C14H18N2O4. The number of aryl methyl sites for hydroxylation is 1. The Morgan fingerprint density at radius 1 is 1.35 bits per heavy atom. The predicted molar refractivity (Wildman–Crippen MR) is 74.9 cm³/mol. The highest BCUT2D eigenvalue weighted by atomic mass is 16.6. The molecule has 0 aromatic heterocycles. The van der Waals surface area contributed by atoms with E-state index in [0.29, 0.717) is 18.5 Å². The van der Waals surface area contributed by atoms with Gasteiger partial charge in [-0.3, -0.25) is 10.1 Å². The van der Waals surface area contributed by atoms with Crippen molar-refractivity contribution in [3.8, 4) is 0 Å². The molecule has 6 nitrogen and oxygen atoms in total. The molecule has 0 atom stereocenters. The van der Waals surface area contributed by atoms with E-state index in [1.54, 1.807) is 6.07 Å². The number of rotatable bonds is 4. The van der Waals surface area contributed by atoms with Gasteiger partial charge < -0.3 is 10.4 Å². The van der Waals surface area contributed by atoms with Gasteiger partial charge in [-0.1, -0.05) is 25.3 Å². The Hall–Kier alpha value is -2.11. The molecule has 1 aliphatic carbocycles. The average molecular weight is 278 g/mol. The van der Waals surface area contributed by atoms with Gasteiger partial charge in [-0.15, -0.1) is 0 Å². The fraction of sp³-hybridized carbons (Fsp3) is 0.500. The summed E-state index contributed by atoms with van der Waals surface area (Å²) in [6.07, 6.45) is 3.83. The molecule has 0 spiro atoms. The zero-order valence-electron chi connectivity index (χ0n) is 11.4. The number of carboxylic acids is 1. The van der Waals surface area contributed by atoms with Gasteiger partial charge in [-0.2, -0.15) is 0 Å². The van der Waals surface area contributed by atoms with Crippen LogP contribution in [-0.2, 0) is 4.79 Å². The van der Waals surface area contributed by atoms with E-state index in [0.717, 1.165) is 24.8 Å². The third-order valence-electron chi connectivity index (χ3n) is 3.92. The Balaban J connectivity index is 2.33. The van der Waals surface area contributed by atoms with Crippen molar-refractivity contribution in [3.63, 3.8) is 0 Å². The number of benzene rings is 1. The molecule has 1 fully saturated rings. The molecule has 2 N–H and O–H groups in total. The van der Waals surface area contributed by atoms with Crippen LogP contribution in [0.2, 0.25) is 0 Å². The van der Waals surface area contributed by atoms with E-state index in [1.165, 1.54) is 12.1 Å². The molecule has 0 unspecified atom stereocenters. The summed E-state index contributed by atoms with van der Waals surface area (Å²) in [7, 11) is 0. The van der Waals surface area contributed by atoms with Gasteiger partial charge in [-0.25, -0.2) is 4.79 Å². The molecule has 1 saturated carbocycles. The van der Waals surface area contributed by atoms with Crippen molar-refractivity contribution in [2.45, 2.75) is 44.6 Å². The number of nitrogens with one attached hydrogen (secondary N) is 1. The van der Waals surface area contributed by atoms with Crippen LogP contribution in [0.15, 0.2) is 18.2 Å². The molecule has 0 bridgehead atoms. The van der Waals surface area contributed by atoms with Crippen LogP contribution in [0.5, 0.6) is 0 Å². The van der Waals surface area contributed by atoms with Gasteiger partial charge in [0.1, 0.15) is 5.54 Å². The monoisotopic (exact) mass is 278 g/mol. The number of nitro benzene ring substituents is 1. The molecule has 1 aromatic carbocycles. The summed E-state index contributed by atoms with van der Waals surface area (Å²) in [5.41, 5.74) is 0.304. The molecule has 2 rings (SSSR count). The summed E-state index contributed by atoms with van der Waals surface area (Å²) in [6.45, 7) is 1.81. The molecule has 1 aliphatic rings. The van der Waals surface area contributed by atoms with Crippen LogP contribution < -0.4 is 5.32 Å². The van der Waals surface area contributed by atoms with Gasteiger partial charge in [0.05, 0.1) is 4.92 Å². The zero-order valence-corrected chi connectivity index (χ0v) is 11.4. The highest BCUT2D eigenvalue weighted by Crippen LogP contribution is 2.34. The van der Waals surface area contributed by atoms with Crippen LogP contribution in [-0.4, -0.2) is 21.5 Å².